The molecule has 3 aromatic rings. The third-order valence-electron chi connectivity index (χ3n) is 3.57. The van der Waals surface area contributed by atoms with Crippen LogP contribution < -0.4 is 5.32 Å². The highest BCUT2D eigenvalue weighted by Gasteiger charge is 2.14. The van der Waals surface area contributed by atoms with Crippen molar-refractivity contribution < 1.29 is 9.18 Å². The zero-order valence-electron chi connectivity index (χ0n) is 12.4. The van der Waals surface area contributed by atoms with Crippen LogP contribution in [0.15, 0.2) is 48.8 Å². The van der Waals surface area contributed by atoms with Crippen LogP contribution in [0.2, 0.25) is 0 Å². The van der Waals surface area contributed by atoms with E-state index in [0.29, 0.717) is 5.69 Å². The van der Waals surface area contributed by atoms with Crippen LogP contribution >= 0.6 is 0 Å². The van der Waals surface area contributed by atoms with E-state index in [2.05, 4.69) is 10.3 Å². The van der Waals surface area contributed by atoms with Gasteiger partial charge < -0.3 is 9.72 Å². The van der Waals surface area contributed by atoms with Crippen molar-refractivity contribution >= 4 is 11.6 Å². The van der Waals surface area contributed by atoms with Gasteiger partial charge in [0.15, 0.2) is 0 Å². The van der Waals surface area contributed by atoms with Gasteiger partial charge in [-0.3, -0.25) is 4.79 Å². The minimum absolute atomic E-state index is 0.223. The molecule has 0 saturated carbocycles. The molecule has 1 unspecified atom stereocenters. The van der Waals surface area contributed by atoms with Crippen LogP contribution in [0.4, 0.5) is 4.39 Å². The van der Waals surface area contributed by atoms with Gasteiger partial charge in [0.05, 0.1) is 6.04 Å². The number of halogens is 1. The molecular weight excluding hydrogens is 281 g/mol. The summed E-state index contributed by atoms with van der Waals surface area (Å²) in [5.74, 6) is -0.545. The lowest BCUT2D eigenvalue weighted by molar-refractivity contribution is 0.0935. The Labute approximate surface area is 127 Å². The summed E-state index contributed by atoms with van der Waals surface area (Å²) in [4.78, 5) is 16.6. The van der Waals surface area contributed by atoms with E-state index in [1.54, 1.807) is 18.3 Å². The van der Waals surface area contributed by atoms with Crippen LogP contribution in [-0.2, 0) is 0 Å². The maximum absolute atomic E-state index is 12.9. The summed E-state index contributed by atoms with van der Waals surface area (Å²) >= 11 is 0. The first-order chi connectivity index (χ1) is 10.5. The van der Waals surface area contributed by atoms with Gasteiger partial charge in [0.2, 0.25) is 0 Å². The van der Waals surface area contributed by atoms with Gasteiger partial charge in [-0.25, -0.2) is 9.37 Å². The number of hydrogen-bond acceptors (Lipinski definition) is 2. The van der Waals surface area contributed by atoms with Crippen molar-refractivity contribution in [1.82, 2.24) is 14.7 Å². The molecule has 0 saturated heterocycles. The number of rotatable bonds is 3. The van der Waals surface area contributed by atoms with E-state index in [1.807, 2.05) is 36.6 Å². The van der Waals surface area contributed by atoms with Crippen molar-refractivity contribution in [3.05, 3.63) is 71.4 Å². The molecule has 2 aromatic heterocycles. The quantitative estimate of drug-likeness (QED) is 0.806. The molecule has 0 fully saturated rings. The predicted molar refractivity (Wildman–Crippen MR) is 82.2 cm³/mol. The minimum atomic E-state index is -0.294. The van der Waals surface area contributed by atoms with Crippen molar-refractivity contribution in [3.8, 4) is 0 Å². The SMILES string of the molecule is Cc1ccn2cc(C(=O)NC(C)c3ccc(F)cc3)nc2c1. The van der Waals surface area contributed by atoms with E-state index in [-0.39, 0.29) is 17.8 Å². The Morgan fingerprint density at radius 3 is 2.73 bits per heavy atom. The zero-order valence-corrected chi connectivity index (χ0v) is 12.4. The molecule has 0 bridgehead atoms. The fraction of sp³-hybridized carbons (Fsp3) is 0.176. The number of pyridine rings is 1. The smallest absolute Gasteiger partial charge is 0.271 e. The molecular formula is C17H16FN3O. The van der Waals surface area contributed by atoms with Gasteiger partial charge in [-0.15, -0.1) is 0 Å². The van der Waals surface area contributed by atoms with E-state index in [1.165, 1.54) is 12.1 Å². The zero-order chi connectivity index (χ0) is 15.7. The number of hydrogen-bond donors (Lipinski definition) is 1. The minimum Gasteiger partial charge on any atom is -0.344 e. The van der Waals surface area contributed by atoms with Crippen molar-refractivity contribution in [2.75, 3.05) is 0 Å². The van der Waals surface area contributed by atoms with Gasteiger partial charge in [-0.2, -0.15) is 0 Å². The maximum atomic E-state index is 12.9. The topological polar surface area (TPSA) is 46.4 Å². The van der Waals surface area contributed by atoms with E-state index in [9.17, 15) is 9.18 Å². The Morgan fingerprint density at radius 1 is 1.27 bits per heavy atom. The van der Waals surface area contributed by atoms with Crippen molar-refractivity contribution in [1.29, 1.82) is 0 Å². The van der Waals surface area contributed by atoms with Crippen molar-refractivity contribution in [2.45, 2.75) is 19.9 Å². The molecule has 1 atom stereocenters. The summed E-state index contributed by atoms with van der Waals surface area (Å²) in [5.41, 5.74) is 3.03. The number of carbonyl (C=O) groups is 1. The number of fused-ring (bicyclic) bond motifs is 1. The van der Waals surface area contributed by atoms with Gasteiger partial charge in [0.25, 0.3) is 5.91 Å². The van der Waals surface area contributed by atoms with Gasteiger partial charge in [0.1, 0.15) is 17.2 Å². The summed E-state index contributed by atoms with van der Waals surface area (Å²) < 4.78 is 14.7. The number of amides is 1. The molecule has 0 aliphatic heterocycles. The van der Waals surface area contributed by atoms with E-state index < -0.39 is 0 Å². The monoisotopic (exact) mass is 297 g/mol. The lowest BCUT2D eigenvalue weighted by Crippen LogP contribution is -2.26. The Balaban J connectivity index is 1.79. The van der Waals surface area contributed by atoms with Crippen LogP contribution in [0.3, 0.4) is 0 Å². The normalized spacial score (nSPS) is 12.3. The number of imidazole rings is 1. The number of carbonyl (C=O) groups excluding carboxylic acids is 1. The van der Waals surface area contributed by atoms with Crippen LogP contribution in [0.1, 0.15) is 34.6 Å². The highest BCUT2D eigenvalue weighted by molar-refractivity contribution is 5.93. The maximum Gasteiger partial charge on any atom is 0.271 e. The summed E-state index contributed by atoms with van der Waals surface area (Å²) in [6.45, 7) is 3.83. The van der Waals surface area contributed by atoms with Gasteiger partial charge in [0, 0.05) is 12.4 Å². The lowest BCUT2D eigenvalue weighted by Gasteiger charge is -2.13. The predicted octanol–water partition coefficient (Wildman–Crippen LogP) is 3.27. The van der Waals surface area contributed by atoms with E-state index in [0.717, 1.165) is 16.8 Å². The molecule has 0 aliphatic carbocycles. The number of aromatic nitrogens is 2. The van der Waals surface area contributed by atoms with E-state index >= 15 is 0 Å². The lowest BCUT2D eigenvalue weighted by atomic mass is 10.1. The Kier molecular flexibility index (Phi) is 3.63. The Bertz CT molecular complexity index is 824. The van der Waals surface area contributed by atoms with Crippen LogP contribution in [0.5, 0.6) is 0 Å². The third kappa shape index (κ3) is 2.83. The average Bonchev–Trinajstić information content (AvgIpc) is 2.91. The van der Waals surface area contributed by atoms with Crippen LogP contribution in [0, 0.1) is 12.7 Å². The summed E-state index contributed by atoms with van der Waals surface area (Å²) in [5, 5.41) is 2.87. The van der Waals surface area contributed by atoms with Gasteiger partial charge >= 0.3 is 0 Å². The van der Waals surface area contributed by atoms with Gasteiger partial charge in [-0.05, 0) is 49.2 Å². The molecule has 22 heavy (non-hydrogen) atoms. The number of nitrogens with zero attached hydrogens (tertiary/aromatic N) is 2. The molecule has 112 valence electrons. The fourth-order valence-corrected chi connectivity index (χ4v) is 2.30. The van der Waals surface area contributed by atoms with Crippen molar-refractivity contribution in [3.63, 3.8) is 0 Å². The molecule has 2 heterocycles. The van der Waals surface area contributed by atoms with Crippen molar-refractivity contribution in [2.24, 2.45) is 0 Å². The molecule has 3 rings (SSSR count). The standard InChI is InChI=1S/C17H16FN3O/c1-11-7-8-21-10-15(20-16(21)9-11)17(22)19-12(2)13-3-5-14(18)6-4-13/h3-10,12H,1-2H3,(H,19,22). The first-order valence-corrected chi connectivity index (χ1v) is 7.04. The highest BCUT2D eigenvalue weighted by Crippen LogP contribution is 2.14. The molecule has 0 aliphatic rings. The molecule has 1 N–H and O–H groups in total. The summed E-state index contributed by atoms with van der Waals surface area (Å²) in [6.07, 6.45) is 3.57. The second-order valence-corrected chi connectivity index (χ2v) is 5.34. The second kappa shape index (κ2) is 5.60. The largest absolute Gasteiger partial charge is 0.344 e. The Hall–Kier alpha value is -2.69. The highest BCUT2D eigenvalue weighted by atomic mass is 19.1. The number of benzene rings is 1. The first-order valence-electron chi connectivity index (χ1n) is 7.04. The third-order valence-corrected chi connectivity index (χ3v) is 3.57. The molecule has 4 nitrogen and oxygen atoms in total. The second-order valence-electron chi connectivity index (χ2n) is 5.34. The molecule has 5 heteroatoms. The molecule has 0 spiro atoms. The average molecular weight is 297 g/mol. The van der Waals surface area contributed by atoms with Crippen LogP contribution in [-0.4, -0.2) is 15.3 Å². The molecule has 1 amide bonds. The van der Waals surface area contributed by atoms with Crippen LogP contribution in [0.25, 0.3) is 5.65 Å². The Morgan fingerprint density at radius 2 is 2.00 bits per heavy atom. The molecule has 1 aromatic carbocycles. The molecule has 0 radical (unpaired) electrons. The number of nitrogens with one attached hydrogen (secondary N) is 1. The first kappa shape index (κ1) is 14.3. The van der Waals surface area contributed by atoms with Gasteiger partial charge in [-0.1, -0.05) is 12.1 Å². The van der Waals surface area contributed by atoms with E-state index in [4.69, 9.17) is 0 Å². The fourth-order valence-electron chi connectivity index (χ4n) is 2.30. The summed E-state index contributed by atoms with van der Waals surface area (Å²) in [7, 11) is 0. The summed E-state index contributed by atoms with van der Waals surface area (Å²) in [6, 6.07) is 9.73. The number of aryl methyl sites for hydroxylation is 1.